The quantitative estimate of drug-likeness (QED) is 0.366. The molecule has 6 N–H and O–H groups in total. The van der Waals surface area contributed by atoms with Gasteiger partial charge in [0.15, 0.2) is 0 Å². The molecule has 0 aromatic carbocycles. The zero-order chi connectivity index (χ0) is 16.5. The molecule has 0 aromatic heterocycles. The number of aliphatic carboxylic acids is 1. The summed E-state index contributed by atoms with van der Waals surface area (Å²) in [5.74, 6) is -1.21. The Labute approximate surface area is 129 Å². The Balaban J connectivity index is 2.22. The van der Waals surface area contributed by atoms with Crippen LogP contribution in [0.2, 0.25) is 6.32 Å². The van der Waals surface area contributed by atoms with Crippen molar-refractivity contribution in [1.82, 2.24) is 10.2 Å². The fourth-order valence-electron chi connectivity index (χ4n) is 3.92. The van der Waals surface area contributed by atoms with E-state index in [1.807, 2.05) is 0 Å². The number of carboxylic acids is 1. The molecule has 3 unspecified atom stereocenters. The van der Waals surface area contributed by atoms with Crippen LogP contribution in [0.4, 0.5) is 0 Å². The minimum atomic E-state index is -1.40. The van der Waals surface area contributed by atoms with Gasteiger partial charge in [0.05, 0.1) is 12.6 Å². The number of fused-ring (bicyclic) bond motifs is 1. The summed E-state index contributed by atoms with van der Waals surface area (Å²) < 4.78 is 0. The van der Waals surface area contributed by atoms with Crippen molar-refractivity contribution in [3.63, 3.8) is 0 Å². The van der Waals surface area contributed by atoms with Gasteiger partial charge < -0.3 is 25.8 Å². The van der Waals surface area contributed by atoms with Crippen molar-refractivity contribution < 1.29 is 24.7 Å². The first-order valence-corrected chi connectivity index (χ1v) is 7.63. The van der Waals surface area contributed by atoms with E-state index in [-0.39, 0.29) is 18.8 Å². The number of hydrogen-bond acceptors (Lipinski definition) is 6. The number of rotatable bonds is 6. The normalized spacial score (nSPS) is 31.9. The summed E-state index contributed by atoms with van der Waals surface area (Å²) in [4.78, 5) is 25.6. The van der Waals surface area contributed by atoms with Gasteiger partial charge in [0.25, 0.3) is 0 Å². The highest BCUT2D eigenvalue weighted by Gasteiger charge is 2.65. The molecular formula is C13H24BN3O5. The molecule has 22 heavy (non-hydrogen) atoms. The SMILES string of the molecule is CC(N)C(=O)N1CC2(CCCB(O)O)CCNC2(C(=O)O)C1. The number of nitrogens with zero attached hydrogens (tertiary/aromatic N) is 1. The molecule has 124 valence electrons. The number of amides is 1. The van der Waals surface area contributed by atoms with Crippen molar-refractivity contribution >= 4 is 19.0 Å². The van der Waals surface area contributed by atoms with Gasteiger partial charge in [-0.15, -0.1) is 0 Å². The lowest BCUT2D eigenvalue weighted by Gasteiger charge is -2.35. The van der Waals surface area contributed by atoms with Crippen molar-refractivity contribution in [2.24, 2.45) is 11.1 Å². The van der Waals surface area contributed by atoms with Gasteiger partial charge in [-0.2, -0.15) is 0 Å². The van der Waals surface area contributed by atoms with E-state index in [4.69, 9.17) is 15.8 Å². The molecule has 2 aliphatic heterocycles. The summed E-state index contributed by atoms with van der Waals surface area (Å²) in [6, 6.07) is -0.666. The molecule has 8 nitrogen and oxygen atoms in total. The van der Waals surface area contributed by atoms with Crippen LogP contribution in [0.1, 0.15) is 26.2 Å². The van der Waals surface area contributed by atoms with Crippen LogP contribution in [0.15, 0.2) is 0 Å². The highest BCUT2D eigenvalue weighted by atomic mass is 16.4. The first-order valence-electron chi connectivity index (χ1n) is 7.63. The molecule has 0 aromatic rings. The average Bonchev–Trinajstić information content (AvgIpc) is 2.90. The van der Waals surface area contributed by atoms with Crippen molar-refractivity contribution in [2.75, 3.05) is 19.6 Å². The highest BCUT2D eigenvalue weighted by Crippen LogP contribution is 2.49. The standard InChI is InChI=1S/C13H24BN3O5/c1-9(15)10(18)17-7-12(3-2-5-14(21)22)4-6-16-13(12,8-17)11(19)20/h9,16,21-22H,2-8,15H2,1H3,(H,19,20). The van der Waals surface area contributed by atoms with Crippen molar-refractivity contribution in [3.05, 3.63) is 0 Å². The highest BCUT2D eigenvalue weighted by molar-refractivity contribution is 6.40. The third-order valence-corrected chi connectivity index (χ3v) is 5.04. The summed E-state index contributed by atoms with van der Waals surface area (Å²) in [6.07, 6.45) is 1.85. The van der Waals surface area contributed by atoms with E-state index in [1.54, 1.807) is 6.92 Å². The minimum Gasteiger partial charge on any atom is -0.480 e. The molecule has 2 saturated heterocycles. The molecule has 9 heteroatoms. The van der Waals surface area contributed by atoms with Gasteiger partial charge in [0.1, 0.15) is 5.54 Å². The van der Waals surface area contributed by atoms with Gasteiger partial charge in [-0.1, -0.05) is 6.42 Å². The minimum absolute atomic E-state index is 0.102. The summed E-state index contributed by atoms with van der Waals surface area (Å²) in [5, 5.41) is 30.8. The van der Waals surface area contributed by atoms with Gasteiger partial charge in [0, 0.05) is 12.0 Å². The predicted molar refractivity (Wildman–Crippen MR) is 79.9 cm³/mol. The fourth-order valence-corrected chi connectivity index (χ4v) is 3.92. The third-order valence-electron chi connectivity index (χ3n) is 5.04. The molecule has 0 aliphatic carbocycles. The van der Waals surface area contributed by atoms with E-state index in [9.17, 15) is 14.7 Å². The molecule has 2 fully saturated rings. The molecule has 0 spiro atoms. The topological polar surface area (TPSA) is 136 Å². The number of likely N-dealkylation sites (tertiary alicyclic amines) is 1. The second-order valence-corrected chi connectivity index (χ2v) is 6.52. The van der Waals surface area contributed by atoms with Crippen LogP contribution in [0.25, 0.3) is 0 Å². The zero-order valence-corrected chi connectivity index (χ0v) is 12.8. The van der Waals surface area contributed by atoms with E-state index in [0.717, 1.165) is 0 Å². The molecule has 2 rings (SSSR count). The van der Waals surface area contributed by atoms with Gasteiger partial charge >= 0.3 is 13.1 Å². The molecule has 0 saturated carbocycles. The Bertz CT molecular complexity index is 461. The first-order chi connectivity index (χ1) is 10.2. The lowest BCUT2D eigenvalue weighted by atomic mass is 9.68. The van der Waals surface area contributed by atoms with Crippen molar-refractivity contribution in [1.29, 1.82) is 0 Å². The summed E-state index contributed by atoms with van der Waals surface area (Å²) in [5.41, 5.74) is 3.89. The molecule has 3 atom stereocenters. The van der Waals surface area contributed by atoms with Crippen LogP contribution in [-0.2, 0) is 9.59 Å². The zero-order valence-electron chi connectivity index (χ0n) is 12.8. The van der Waals surface area contributed by atoms with E-state index >= 15 is 0 Å². The second kappa shape index (κ2) is 6.15. The van der Waals surface area contributed by atoms with E-state index in [1.165, 1.54) is 4.90 Å². The molecule has 0 radical (unpaired) electrons. The van der Waals surface area contributed by atoms with Crippen LogP contribution in [0.5, 0.6) is 0 Å². The average molecular weight is 313 g/mol. The van der Waals surface area contributed by atoms with Crippen LogP contribution >= 0.6 is 0 Å². The monoisotopic (exact) mass is 313 g/mol. The third kappa shape index (κ3) is 2.73. The predicted octanol–water partition coefficient (Wildman–Crippen LogP) is -1.77. The van der Waals surface area contributed by atoms with Crippen molar-refractivity contribution in [3.8, 4) is 0 Å². The van der Waals surface area contributed by atoms with Gasteiger partial charge in [-0.05, 0) is 32.6 Å². The fraction of sp³-hybridized carbons (Fsp3) is 0.846. The summed E-state index contributed by atoms with van der Waals surface area (Å²) in [7, 11) is -1.40. The molecule has 2 heterocycles. The number of carboxylic acid groups (broad SMARTS) is 1. The van der Waals surface area contributed by atoms with Gasteiger partial charge in [-0.3, -0.25) is 14.9 Å². The van der Waals surface area contributed by atoms with Gasteiger partial charge in [-0.25, -0.2) is 0 Å². The Morgan fingerprint density at radius 3 is 2.64 bits per heavy atom. The number of carbonyl (C=O) groups is 2. The summed E-state index contributed by atoms with van der Waals surface area (Å²) in [6.45, 7) is 2.61. The molecule has 1 amide bonds. The number of nitrogens with two attached hydrogens (primary N) is 1. The van der Waals surface area contributed by atoms with Crippen LogP contribution in [0.3, 0.4) is 0 Å². The van der Waals surface area contributed by atoms with Crippen molar-refractivity contribution in [2.45, 2.75) is 44.1 Å². The van der Waals surface area contributed by atoms with Gasteiger partial charge in [0.2, 0.25) is 5.91 Å². The second-order valence-electron chi connectivity index (χ2n) is 6.52. The van der Waals surface area contributed by atoms with Crippen LogP contribution in [-0.4, -0.2) is 70.3 Å². The molecule has 0 bridgehead atoms. The number of hydrogen-bond donors (Lipinski definition) is 5. The van der Waals surface area contributed by atoms with E-state index < -0.39 is 30.1 Å². The molecule has 2 aliphatic rings. The Morgan fingerprint density at radius 2 is 2.09 bits per heavy atom. The smallest absolute Gasteiger partial charge is 0.451 e. The van der Waals surface area contributed by atoms with E-state index in [0.29, 0.717) is 32.4 Å². The maximum atomic E-state index is 12.2. The Hall–Kier alpha value is -1.16. The largest absolute Gasteiger partial charge is 0.480 e. The first kappa shape index (κ1) is 17.2. The Morgan fingerprint density at radius 1 is 1.41 bits per heavy atom. The maximum Gasteiger partial charge on any atom is 0.451 e. The molecular weight excluding hydrogens is 289 g/mol. The van der Waals surface area contributed by atoms with Crippen LogP contribution < -0.4 is 11.1 Å². The number of carbonyl (C=O) groups excluding carboxylic acids is 1. The number of nitrogens with one attached hydrogen (secondary N) is 1. The Kier molecular flexibility index (Phi) is 4.81. The maximum absolute atomic E-state index is 12.2. The lowest BCUT2D eigenvalue weighted by molar-refractivity contribution is -0.147. The summed E-state index contributed by atoms with van der Waals surface area (Å²) >= 11 is 0. The lowest BCUT2D eigenvalue weighted by Crippen LogP contribution is -2.58. The van der Waals surface area contributed by atoms with Crippen LogP contribution in [0, 0.1) is 5.41 Å². The van der Waals surface area contributed by atoms with E-state index in [2.05, 4.69) is 5.32 Å².